The van der Waals surface area contributed by atoms with Crippen molar-refractivity contribution in [1.29, 1.82) is 0 Å². The SMILES string of the molecule is CCOc1ccc(NCc2ccc(C)c(Br)c2)cc1. The average molecular weight is 320 g/mol. The van der Waals surface area contributed by atoms with E-state index in [9.17, 15) is 0 Å². The maximum absolute atomic E-state index is 5.42. The smallest absolute Gasteiger partial charge is 0.119 e. The molecule has 0 unspecified atom stereocenters. The second kappa shape index (κ2) is 6.62. The summed E-state index contributed by atoms with van der Waals surface area (Å²) in [5, 5.41) is 3.40. The van der Waals surface area contributed by atoms with Crippen molar-refractivity contribution in [2.24, 2.45) is 0 Å². The van der Waals surface area contributed by atoms with E-state index in [1.165, 1.54) is 11.1 Å². The maximum atomic E-state index is 5.42. The normalized spacial score (nSPS) is 10.3. The molecule has 0 amide bonds. The van der Waals surface area contributed by atoms with Gasteiger partial charge in [-0.25, -0.2) is 0 Å². The van der Waals surface area contributed by atoms with Crippen LogP contribution in [-0.4, -0.2) is 6.61 Å². The quantitative estimate of drug-likeness (QED) is 0.857. The Hall–Kier alpha value is -1.48. The summed E-state index contributed by atoms with van der Waals surface area (Å²) in [4.78, 5) is 0. The van der Waals surface area contributed by atoms with Crippen molar-refractivity contribution in [3.05, 3.63) is 58.1 Å². The van der Waals surface area contributed by atoms with Crippen LogP contribution in [0.4, 0.5) is 5.69 Å². The summed E-state index contributed by atoms with van der Waals surface area (Å²) in [5.74, 6) is 0.908. The Labute approximate surface area is 122 Å². The van der Waals surface area contributed by atoms with Gasteiger partial charge in [0.2, 0.25) is 0 Å². The van der Waals surface area contributed by atoms with Crippen molar-refractivity contribution >= 4 is 21.6 Å². The lowest BCUT2D eigenvalue weighted by molar-refractivity contribution is 0.340. The molecule has 0 aromatic heterocycles. The van der Waals surface area contributed by atoms with Crippen molar-refractivity contribution in [3.63, 3.8) is 0 Å². The summed E-state index contributed by atoms with van der Waals surface area (Å²) in [5.41, 5.74) is 3.61. The van der Waals surface area contributed by atoms with E-state index >= 15 is 0 Å². The minimum absolute atomic E-state index is 0.699. The molecule has 0 bridgehead atoms. The van der Waals surface area contributed by atoms with Crippen LogP contribution >= 0.6 is 15.9 Å². The second-order valence-electron chi connectivity index (χ2n) is 4.39. The molecule has 19 heavy (non-hydrogen) atoms. The van der Waals surface area contributed by atoms with Crippen LogP contribution in [0, 0.1) is 6.92 Å². The highest BCUT2D eigenvalue weighted by molar-refractivity contribution is 9.10. The molecule has 2 aromatic carbocycles. The summed E-state index contributed by atoms with van der Waals surface area (Å²) in [6.07, 6.45) is 0. The molecule has 0 spiro atoms. The number of aryl methyl sites for hydroxylation is 1. The molecule has 0 atom stereocenters. The van der Waals surface area contributed by atoms with Gasteiger partial charge in [0.25, 0.3) is 0 Å². The van der Waals surface area contributed by atoms with E-state index in [1.54, 1.807) is 0 Å². The Morgan fingerprint density at radius 2 is 1.84 bits per heavy atom. The minimum Gasteiger partial charge on any atom is -0.494 e. The number of benzene rings is 2. The van der Waals surface area contributed by atoms with Gasteiger partial charge in [0.15, 0.2) is 0 Å². The molecular weight excluding hydrogens is 302 g/mol. The van der Waals surface area contributed by atoms with E-state index in [4.69, 9.17) is 4.74 Å². The largest absolute Gasteiger partial charge is 0.494 e. The number of rotatable bonds is 5. The summed E-state index contributed by atoms with van der Waals surface area (Å²) >= 11 is 3.55. The number of nitrogens with one attached hydrogen (secondary N) is 1. The van der Waals surface area contributed by atoms with Gasteiger partial charge in [-0.15, -0.1) is 0 Å². The summed E-state index contributed by atoms with van der Waals surface area (Å²) in [7, 11) is 0. The van der Waals surface area contributed by atoms with Crippen LogP contribution in [0.2, 0.25) is 0 Å². The molecule has 0 heterocycles. The molecule has 0 saturated carbocycles. The summed E-state index contributed by atoms with van der Waals surface area (Å²) < 4.78 is 6.57. The molecule has 0 aliphatic carbocycles. The zero-order valence-electron chi connectivity index (χ0n) is 11.2. The lowest BCUT2D eigenvalue weighted by Gasteiger charge is -2.09. The van der Waals surface area contributed by atoms with Gasteiger partial charge in [-0.3, -0.25) is 0 Å². The third-order valence-corrected chi connectivity index (χ3v) is 3.75. The van der Waals surface area contributed by atoms with Crippen molar-refractivity contribution in [3.8, 4) is 5.75 Å². The van der Waals surface area contributed by atoms with Gasteiger partial charge in [-0.1, -0.05) is 28.1 Å². The number of hydrogen-bond donors (Lipinski definition) is 1. The fourth-order valence-corrected chi connectivity index (χ4v) is 2.21. The van der Waals surface area contributed by atoms with E-state index in [0.717, 1.165) is 22.5 Å². The Morgan fingerprint density at radius 3 is 2.47 bits per heavy atom. The molecule has 0 radical (unpaired) electrons. The maximum Gasteiger partial charge on any atom is 0.119 e. The van der Waals surface area contributed by atoms with Crippen LogP contribution in [-0.2, 0) is 6.54 Å². The van der Waals surface area contributed by atoms with Crippen molar-refractivity contribution < 1.29 is 4.74 Å². The molecular formula is C16H18BrNO. The monoisotopic (exact) mass is 319 g/mol. The molecule has 0 aliphatic heterocycles. The molecule has 1 N–H and O–H groups in total. The molecule has 0 fully saturated rings. The highest BCUT2D eigenvalue weighted by Gasteiger charge is 1.98. The van der Waals surface area contributed by atoms with Gasteiger partial charge in [0.1, 0.15) is 5.75 Å². The first-order chi connectivity index (χ1) is 9.19. The lowest BCUT2D eigenvalue weighted by Crippen LogP contribution is -1.99. The molecule has 100 valence electrons. The first-order valence-electron chi connectivity index (χ1n) is 6.41. The fraction of sp³-hybridized carbons (Fsp3) is 0.250. The average Bonchev–Trinajstić information content (AvgIpc) is 2.42. The van der Waals surface area contributed by atoms with Crippen molar-refractivity contribution in [2.45, 2.75) is 20.4 Å². The van der Waals surface area contributed by atoms with E-state index in [-0.39, 0.29) is 0 Å². The van der Waals surface area contributed by atoms with E-state index < -0.39 is 0 Å². The summed E-state index contributed by atoms with van der Waals surface area (Å²) in [6.45, 7) is 5.59. The fourth-order valence-electron chi connectivity index (χ4n) is 1.79. The van der Waals surface area contributed by atoms with Crippen LogP contribution < -0.4 is 10.1 Å². The van der Waals surface area contributed by atoms with Crippen LogP contribution in [0.25, 0.3) is 0 Å². The topological polar surface area (TPSA) is 21.3 Å². The van der Waals surface area contributed by atoms with E-state index in [1.807, 2.05) is 31.2 Å². The van der Waals surface area contributed by atoms with Crippen LogP contribution in [0.1, 0.15) is 18.1 Å². The number of anilines is 1. The van der Waals surface area contributed by atoms with Gasteiger partial charge in [-0.05, 0) is 55.3 Å². The standard InChI is InChI=1S/C16H18BrNO/c1-3-19-15-8-6-14(7-9-15)18-11-13-5-4-12(2)16(17)10-13/h4-10,18H,3,11H2,1-2H3. The number of hydrogen-bond acceptors (Lipinski definition) is 2. The van der Waals surface area contributed by atoms with Crippen LogP contribution in [0.15, 0.2) is 46.9 Å². The third-order valence-electron chi connectivity index (χ3n) is 2.90. The molecule has 3 heteroatoms. The predicted octanol–water partition coefficient (Wildman–Crippen LogP) is 4.77. The lowest BCUT2D eigenvalue weighted by atomic mass is 10.1. The van der Waals surface area contributed by atoms with Gasteiger partial charge in [-0.2, -0.15) is 0 Å². The first-order valence-corrected chi connectivity index (χ1v) is 7.20. The Bertz CT molecular complexity index is 537. The highest BCUT2D eigenvalue weighted by atomic mass is 79.9. The minimum atomic E-state index is 0.699. The number of halogens is 1. The first kappa shape index (κ1) is 13.9. The zero-order chi connectivity index (χ0) is 13.7. The third kappa shape index (κ3) is 4.00. The van der Waals surface area contributed by atoms with Gasteiger partial charge < -0.3 is 10.1 Å². The second-order valence-corrected chi connectivity index (χ2v) is 5.25. The molecule has 0 saturated heterocycles. The van der Waals surface area contributed by atoms with Gasteiger partial charge in [0.05, 0.1) is 6.61 Å². The molecule has 2 aromatic rings. The number of ether oxygens (including phenoxy) is 1. The molecule has 2 nitrogen and oxygen atoms in total. The van der Waals surface area contributed by atoms with Gasteiger partial charge in [0, 0.05) is 16.7 Å². The van der Waals surface area contributed by atoms with E-state index in [0.29, 0.717) is 6.61 Å². The predicted molar refractivity (Wildman–Crippen MR) is 83.8 cm³/mol. The molecule has 0 aliphatic rings. The Morgan fingerprint density at radius 1 is 1.11 bits per heavy atom. The Kier molecular flexibility index (Phi) is 4.86. The zero-order valence-corrected chi connectivity index (χ0v) is 12.8. The van der Waals surface area contributed by atoms with Crippen molar-refractivity contribution in [2.75, 3.05) is 11.9 Å². The van der Waals surface area contributed by atoms with Gasteiger partial charge >= 0.3 is 0 Å². The summed E-state index contributed by atoms with van der Waals surface area (Å²) in [6, 6.07) is 14.5. The van der Waals surface area contributed by atoms with Crippen molar-refractivity contribution in [1.82, 2.24) is 0 Å². The van der Waals surface area contributed by atoms with Crippen LogP contribution in [0.5, 0.6) is 5.75 Å². The van der Waals surface area contributed by atoms with Crippen LogP contribution in [0.3, 0.4) is 0 Å². The van der Waals surface area contributed by atoms with E-state index in [2.05, 4.69) is 46.4 Å². The molecule has 2 rings (SSSR count). The Balaban J connectivity index is 1.96. The highest BCUT2D eigenvalue weighted by Crippen LogP contribution is 2.19.